The molecule has 0 atom stereocenters. The summed E-state index contributed by atoms with van der Waals surface area (Å²) in [6, 6.07) is 73.4. The lowest BCUT2D eigenvalue weighted by atomic mass is 9.70. The first-order chi connectivity index (χ1) is 27.3. The molecule has 0 saturated carbocycles. The molecular formula is C55H32. The first-order valence-corrected chi connectivity index (χ1v) is 19.3. The summed E-state index contributed by atoms with van der Waals surface area (Å²) < 4.78 is 0. The van der Waals surface area contributed by atoms with E-state index in [1.807, 2.05) is 0 Å². The smallest absolute Gasteiger partial charge is 0.0619 e. The maximum Gasteiger partial charge on any atom is 0.0725 e. The van der Waals surface area contributed by atoms with Crippen LogP contribution in [0.2, 0.25) is 0 Å². The van der Waals surface area contributed by atoms with Crippen LogP contribution in [-0.2, 0) is 5.41 Å². The van der Waals surface area contributed by atoms with Crippen molar-refractivity contribution in [3.05, 3.63) is 216 Å². The third-order valence-corrected chi connectivity index (χ3v) is 13.0. The minimum Gasteiger partial charge on any atom is -0.0619 e. The lowest BCUT2D eigenvalue weighted by Gasteiger charge is -2.30. The fourth-order valence-corrected chi connectivity index (χ4v) is 10.8. The van der Waals surface area contributed by atoms with E-state index in [9.17, 15) is 0 Å². The molecule has 0 aromatic heterocycles. The molecule has 0 nitrogen and oxygen atoms in total. The Morgan fingerprint density at radius 3 is 1.53 bits per heavy atom. The van der Waals surface area contributed by atoms with Crippen LogP contribution in [0, 0.1) is 0 Å². The Morgan fingerprint density at radius 2 is 0.800 bits per heavy atom. The molecule has 0 bridgehead atoms. The van der Waals surface area contributed by atoms with Gasteiger partial charge in [-0.25, -0.2) is 0 Å². The summed E-state index contributed by atoms with van der Waals surface area (Å²) >= 11 is 0. The third kappa shape index (κ3) is 3.67. The summed E-state index contributed by atoms with van der Waals surface area (Å²) in [5.74, 6) is 0. The highest BCUT2D eigenvalue weighted by Crippen LogP contribution is 2.64. The van der Waals surface area contributed by atoms with Crippen LogP contribution in [0.3, 0.4) is 0 Å². The zero-order valence-corrected chi connectivity index (χ0v) is 30.0. The zero-order chi connectivity index (χ0) is 35.8. The van der Waals surface area contributed by atoms with Crippen LogP contribution in [0.1, 0.15) is 22.3 Å². The molecule has 0 unspecified atom stereocenters. The second-order valence-electron chi connectivity index (χ2n) is 15.5. The van der Waals surface area contributed by atoms with E-state index in [1.54, 1.807) is 0 Å². The van der Waals surface area contributed by atoms with Crippen molar-refractivity contribution >= 4 is 64.6 Å². The van der Waals surface area contributed by atoms with Gasteiger partial charge in [0.2, 0.25) is 0 Å². The van der Waals surface area contributed by atoms with Crippen LogP contribution < -0.4 is 0 Å². The Hall–Kier alpha value is -7.02. The number of fused-ring (bicyclic) bond motifs is 21. The van der Waals surface area contributed by atoms with Crippen molar-refractivity contribution in [2.75, 3.05) is 0 Å². The van der Waals surface area contributed by atoms with Gasteiger partial charge in [-0.2, -0.15) is 0 Å². The molecule has 0 radical (unpaired) electrons. The summed E-state index contributed by atoms with van der Waals surface area (Å²) in [7, 11) is 0. The molecule has 2 aliphatic carbocycles. The van der Waals surface area contributed by atoms with E-state index in [0.717, 1.165) is 0 Å². The second-order valence-corrected chi connectivity index (χ2v) is 15.5. The first kappa shape index (κ1) is 29.4. The average molecular weight is 693 g/mol. The van der Waals surface area contributed by atoms with Gasteiger partial charge in [0.05, 0.1) is 5.41 Å². The topological polar surface area (TPSA) is 0 Å². The summed E-state index contributed by atoms with van der Waals surface area (Å²) in [5, 5.41) is 15.6. The molecule has 252 valence electrons. The molecular weight excluding hydrogens is 661 g/mol. The average Bonchev–Trinajstić information content (AvgIpc) is 3.72. The Morgan fingerprint density at radius 1 is 0.255 bits per heavy atom. The van der Waals surface area contributed by atoms with Crippen molar-refractivity contribution in [1.82, 2.24) is 0 Å². The van der Waals surface area contributed by atoms with Gasteiger partial charge in [0.15, 0.2) is 0 Å². The van der Waals surface area contributed by atoms with Gasteiger partial charge in [-0.05, 0) is 145 Å². The maximum atomic E-state index is 2.54. The van der Waals surface area contributed by atoms with Gasteiger partial charge in [-0.3, -0.25) is 0 Å². The lowest BCUT2D eigenvalue weighted by Crippen LogP contribution is -2.25. The number of rotatable bonds is 1. The molecule has 2 aliphatic rings. The molecule has 0 amide bonds. The predicted octanol–water partition coefficient (Wildman–Crippen LogP) is 14.6. The molecule has 0 aliphatic heterocycles. The molecule has 0 fully saturated rings. The van der Waals surface area contributed by atoms with Gasteiger partial charge in [-0.15, -0.1) is 0 Å². The van der Waals surface area contributed by atoms with Crippen LogP contribution >= 0.6 is 0 Å². The van der Waals surface area contributed by atoms with Gasteiger partial charge in [-0.1, -0.05) is 170 Å². The molecule has 11 aromatic carbocycles. The summed E-state index contributed by atoms with van der Waals surface area (Å²) in [5.41, 5.74) is 13.0. The van der Waals surface area contributed by atoms with Crippen LogP contribution in [0.25, 0.3) is 98.0 Å². The lowest BCUT2D eigenvalue weighted by molar-refractivity contribution is 0.795. The fourth-order valence-electron chi connectivity index (χ4n) is 10.8. The summed E-state index contributed by atoms with van der Waals surface area (Å²) in [4.78, 5) is 0. The largest absolute Gasteiger partial charge is 0.0725 e. The van der Waals surface area contributed by atoms with Crippen LogP contribution in [0.4, 0.5) is 0 Å². The van der Waals surface area contributed by atoms with Gasteiger partial charge in [0.1, 0.15) is 0 Å². The fraction of sp³-hybridized carbons (Fsp3) is 0.0182. The van der Waals surface area contributed by atoms with Crippen molar-refractivity contribution in [3.63, 3.8) is 0 Å². The summed E-state index contributed by atoms with van der Waals surface area (Å²) in [6.07, 6.45) is 0. The monoisotopic (exact) mass is 692 g/mol. The normalized spacial score (nSPS) is 13.6. The van der Waals surface area contributed by atoms with E-state index < -0.39 is 5.41 Å². The van der Waals surface area contributed by atoms with E-state index in [1.165, 1.54) is 120 Å². The SMILES string of the molecule is c1ccc2c(c1)-c1ccccc1C21c2cc3cc(-c4cc5c6ccccc6c6ccccc6c5c5ccccc45)ccc3cc2-c2c1ccc1ccccc21. The van der Waals surface area contributed by atoms with Crippen LogP contribution in [0.15, 0.2) is 194 Å². The van der Waals surface area contributed by atoms with Crippen molar-refractivity contribution in [1.29, 1.82) is 0 Å². The molecule has 0 heteroatoms. The van der Waals surface area contributed by atoms with Gasteiger partial charge < -0.3 is 0 Å². The van der Waals surface area contributed by atoms with Crippen molar-refractivity contribution in [2.45, 2.75) is 5.41 Å². The minimum absolute atomic E-state index is 0.401. The van der Waals surface area contributed by atoms with Crippen LogP contribution in [-0.4, -0.2) is 0 Å². The van der Waals surface area contributed by atoms with Gasteiger partial charge in [0.25, 0.3) is 0 Å². The Balaban J connectivity index is 1.13. The third-order valence-electron chi connectivity index (χ3n) is 13.0. The van der Waals surface area contributed by atoms with Crippen molar-refractivity contribution in [3.8, 4) is 33.4 Å². The molecule has 1 spiro atoms. The van der Waals surface area contributed by atoms with Gasteiger partial charge >= 0.3 is 0 Å². The van der Waals surface area contributed by atoms with E-state index in [2.05, 4.69) is 194 Å². The molecule has 0 N–H and O–H groups in total. The molecule has 0 heterocycles. The second kappa shape index (κ2) is 10.6. The zero-order valence-electron chi connectivity index (χ0n) is 30.0. The Kier molecular flexibility index (Phi) is 5.65. The molecule has 13 rings (SSSR count). The molecule has 11 aromatic rings. The standard InChI is InChI=1S/C55H32/c1-2-14-37-33(13-1)27-28-51-54(37)48-30-34-25-26-35(29-36(34)31-52(48)55(51)49-23-11-9-19-42(49)43-20-10-12-24-50(43)55)46-32-47-40-17-4-3-15-38(40)39-16-5-7-21-44(39)53(47)45-22-8-6-18-41(45)46/h1-32H. The molecule has 0 saturated heterocycles. The predicted molar refractivity (Wildman–Crippen MR) is 233 cm³/mol. The van der Waals surface area contributed by atoms with E-state index in [0.29, 0.717) is 0 Å². The maximum absolute atomic E-state index is 2.54. The Bertz CT molecular complexity index is 3440. The summed E-state index contributed by atoms with van der Waals surface area (Å²) in [6.45, 7) is 0. The van der Waals surface area contributed by atoms with Crippen molar-refractivity contribution in [2.24, 2.45) is 0 Å². The quantitative estimate of drug-likeness (QED) is 0.150. The minimum atomic E-state index is -0.401. The number of benzene rings is 11. The highest BCUT2D eigenvalue weighted by atomic mass is 14.5. The molecule has 55 heavy (non-hydrogen) atoms. The van der Waals surface area contributed by atoms with E-state index >= 15 is 0 Å². The van der Waals surface area contributed by atoms with Gasteiger partial charge in [0, 0.05) is 0 Å². The van der Waals surface area contributed by atoms with Crippen molar-refractivity contribution < 1.29 is 0 Å². The van der Waals surface area contributed by atoms with E-state index in [-0.39, 0.29) is 0 Å². The number of hydrogen-bond acceptors (Lipinski definition) is 0. The number of hydrogen-bond donors (Lipinski definition) is 0. The Labute approximate surface area is 318 Å². The highest BCUT2D eigenvalue weighted by molar-refractivity contribution is 6.33. The van der Waals surface area contributed by atoms with Crippen LogP contribution in [0.5, 0.6) is 0 Å². The first-order valence-electron chi connectivity index (χ1n) is 19.3. The highest BCUT2D eigenvalue weighted by Gasteiger charge is 2.52. The van der Waals surface area contributed by atoms with E-state index in [4.69, 9.17) is 0 Å².